The van der Waals surface area contributed by atoms with Gasteiger partial charge in [-0.1, -0.05) is 29.8 Å². The first-order chi connectivity index (χ1) is 9.95. The van der Waals surface area contributed by atoms with Crippen LogP contribution >= 0.6 is 11.6 Å². The second kappa shape index (κ2) is 6.65. The zero-order chi connectivity index (χ0) is 15.4. The summed E-state index contributed by atoms with van der Waals surface area (Å²) >= 11 is 6.03. The number of rotatable bonds is 5. The highest BCUT2D eigenvalue weighted by Gasteiger charge is 2.12. The molecule has 0 bridgehead atoms. The van der Waals surface area contributed by atoms with Crippen LogP contribution in [0.15, 0.2) is 42.5 Å². The summed E-state index contributed by atoms with van der Waals surface area (Å²) in [6.45, 7) is 0. The number of nitro benzene ring substituents is 1. The van der Waals surface area contributed by atoms with Gasteiger partial charge in [0.05, 0.1) is 9.95 Å². The van der Waals surface area contributed by atoms with Crippen LogP contribution in [-0.2, 0) is 12.8 Å². The van der Waals surface area contributed by atoms with Gasteiger partial charge in [-0.2, -0.15) is 0 Å². The van der Waals surface area contributed by atoms with Gasteiger partial charge < -0.3 is 5.73 Å². The molecule has 2 rings (SSSR count). The molecule has 0 aliphatic heterocycles. The molecule has 6 heteroatoms. The summed E-state index contributed by atoms with van der Waals surface area (Å²) in [7, 11) is 0. The fraction of sp³-hybridized carbons (Fsp3) is 0.200. The molecule has 21 heavy (non-hydrogen) atoms. The van der Waals surface area contributed by atoms with Gasteiger partial charge in [-0.3, -0.25) is 10.1 Å². The van der Waals surface area contributed by atoms with Gasteiger partial charge in [-0.25, -0.2) is 4.39 Å². The predicted octanol–water partition coefficient (Wildman–Crippen LogP) is 3.50. The summed E-state index contributed by atoms with van der Waals surface area (Å²) in [6, 6.07) is 10.3. The van der Waals surface area contributed by atoms with Crippen LogP contribution in [0.4, 0.5) is 10.1 Å². The third-order valence-corrected chi connectivity index (χ3v) is 3.49. The molecule has 0 fully saturated rings. The van der Waals surface area contributed by atoms with E-state index in [0.29, 0.717) is 17.9 Å². The van der Waals surface area contributed by atoms with Crippen LogP contribution in [0.2, 0.25) is 5.02 Å². The lowest BCUT2D eigenvalue weighted by Gasteiger charge is -2.13. The van der Waals surface area contributed by atoms with Gasteiger partial charge in [0.25, 0.3) is 5.69 Å². The van der Waals surface area contributed by atoms with Gasteiger partial charge in [-0.05, 0) is 36.1 Å². The Hall–Kier alpha value is -1.98. The molecule has 0 saturated heterocycles. The zero-order valence-electron chi connectivity index (χ0n) is 11.1. The Morgan fingerprint density at radius 3 is 2.43 bits per heavy atom. The number of halogens is 2. The van der Waals surface area contributed by atoms with Crippen molar-refractivity contribution < 1.29 is 9.31 Å². The number of hydrogen-bond donors (Lipinski definition) is 1. The minimum Gasteiger partial charge on any atom is -0.327 e. The molecule has 0 heterocycles. The molecule has 0 spiro atoms. The molecule has 110 valence electrons. The molecule has 0 radical (unpaired) electrons. The molecule has 0 aliphatic carbocycles. The van der Waals surface area contributed by atoms with E-state index in [-0.39, 0.29) is 17.5 Å². The van der Waals surface area contributed by atoms with E-state index in [0.717, 1.165) is 11.1 Å². The third kappa shape index (κ3) is 4.24. The molecule has 2 aromatic carbocycles. The molecule has 2 aromatic rings. The number of hydrogen-bond acceptors (Lipinski definition) is 3. The van der Waals surface area contributed by atoms with Gasteiger partial charge in [0, 0.05) is 18.2 Å². The molecule has 1 unspecified atom stereocenters. The maximum absolute atomic E-state index is 12.8. The highest BCUT2D eigenvalue weighted by atomic mass is 35.5. The van der Waals surface area contributed by atoms with Gasteiger partial charge in [0.1, 0.15) is 5.82 Å². The molecule has 0 amide bonds. The Kier molecular flexibility index (Phi) is 4.88. The molecule has 1 atom stereocenters. The summed E-state index contributed by atoms with van der Waals surface area (Å²) in [4.78, 5) is 10.2. The number of benzene rings is 2. The highest BCUT2D eigenvalue weighted by molar-refractivity contribution is 6.31. The first kappa shape index (κ1) is 15.4. The molecular weight excluding hydrogens is 295 g/mol. The lowest BCUT2D eigenvalue weighted by atomic mass is 9.99. The van der Waals surface area contributed by atoms with E-state index in [1.807, 2.05) is 0 Å². The van der Waals surface area contributed by atoms with Crippen molar-refractivity contribution >= 4 is 17.3 Å². The Morgan fingerprint density at radius 2 is 1.86 bits per heavy atom. The maximum atomic E-state index is 12.8. The van der Waals surface area contributed by atoms with E-state index < -0.39 is 4.92 Å². The highest BCUT2D eigenvalue weighted by Crippen LogP contribution is 2.23. The predicted molar refractivity (Wildman–Crippen MR) is 79.9 cm³/mol. The van der Waals surface area contributed by atoms with Crippen LogP contribution in [0.3, 0.4) is 0 Å². The van der Waals surface area contributed by atoms with E-state index in [2.05, 4.69) is 0 Å². The van der Waals surface area contributed by atoms with Gasteiger partial charge >= 0.3 is 0 Å². The average molecular weight is 309 g/mol. The SMILES string of the molecule is NC(Cc1ccc(F)cc1)Cc1ccc([N+](=O)[O-])cc1Cl. The Bertz CT molecular complexity index is 647. The van der Waals surface area contributed by atoms with Crippen LogP contribution < -0.4 is 5.73 Å². The average Bonchev–Trinajstić information content (AvgIpc) is 2.43. The van der Waals surface area contributed by atoms with E-state index in [4.69, 9.17) is 17.3 Å². The summed E-state index contributed by atoms with van der Waals surface area (Å²) in [6.07, 6.45) is 1.07. The van der Waals surface area contributed by atoms with Crippen LogP contribution in [0.25, 0.3) is 0 Å². The van der Waals surface area contributed by atoms with E-state index in [1.165, 1.54) is 24.3 Å². The Balaban J connectivity index is 2.04. The van der Waals surface area contributed by atoms with Gasteiger partial charge in [0.15, 0.2) is 0 Å². The minimum atomic E-state index is -0.492. The first-order valence-electron chi connectivity index (χ1n) is 6.38. The topological polar surface area (TPSA) is 69.2 Å². The van der Waals surface area contributed by atoms with E-state index >= 15 is 0 Å². The van der Waals surface area contributed by atoms with Crippen LogP contribution in [0.1, 0.15) is 11.1 Å². The Labute approximate surface area is 126 Å². The quantitative estimate of drug-likeness (QED) is 0.679. The largest absolute Gasteiger partial charge is 0.327 e. The van der Waals surface area contributed by atoms with Crippen molar-refractivity contribution in [2.24, 2.45) is 5.73 Å². The normalized spacial score (nSPS) is 12.1. The monoisotopic (exact) mass is 308 g/mol. The fourth-order valence-electron chi connectivity index (χ4n) is 2.09. The summed E-state index contributed by atoms with van der Waals surface area (Å²) in [5, 5.41) is 11.0. The van der Waals surface area contributed by atoms with Crippen molar-refractivity contribution in [2.45, 2.75) is 18.9 Å². The van der Waals surface area contributed by atoms with Crippen LogP contribution in [-0.4, -0.2) is 11.0 Å². The summed E-state index contributed by atoms with van der Waals surface area (Å²) in [5.41, 5.74) is 7.70. The lowest BCUT2D eigenvalue weighted by Crippen LogP contribution is -2.25. The molecular formula is C15H14ClFN2O2. The van der Waals surface area contributed by atoms with Crippen molar-refractivity contribution in [3.05, 3.63) is 74.5 Å². The summed E-state index contributed by atoms with van der Waals surface area (Å²) < 4.78 is 12.8. The second-order valence-electron chi connectivity index (χ2n) is 4.83. The number of nitrogens with zero attached hydrogens (tertiary/aromatic N) is 1. The van der Waals surface area contributed by atoms with Crippen LogP contribution in [0.5, 0.6) is 0 Å². The molecule has 0 saturated carbocycles. The van der Waals surface area contributed by atoms with Gasteiger partial charge in [0.2, 0.25) is 0 Å². The van der Waals surface area contributed by atoms with E-state index in [9.17, 15) is 14.5 Å². The summed E-state index contributed by atoms with van der Waals surface area (Å²) in [5.74, 6) is -0.286. The number of nitro groups is 1. The van der Waals surface area contributed by atoms with Gasteiger partial charge in [-0.15, -0.1) is 0 Å². The van der Waals surface area contributed by atoms with Crippen molar-refractivity contribution in [1.29, 1.82) is 0 Å². The molecule has 0 aromatic heterocycles. The fourth-order valence-corrected chi connectivity index (χ4v) is 2.35. The first-order valence-corrected chi connectivity index (χ1v) is 6.76. The molecule has 4 nitrogen and oxygen atoms in total. The lowest BCUT2D eigenvalue weighted by molar-refractivity contribution is -0.384. The Morgan fingerprint density at radius 1 is 1.19 bits per heavy atom. The van der Waals surface area contributed by atoms with Crippen molar-refractivity contribution in [2.75, 3.05) is 0 Å². The number of nitrogens with two attached hydrogens (primary N) is 1. The standard InChI is InChI=1S/C15H14ClFN2O2/c16-15-9-14(19(20)21)6-3-11(15)8-13(18)7-10-1-4-12(17)5-2-10/h1-6,9,13H,7-8,18H2. The molecule has 0 aliphatic rings. The zero-order valence-corrected chi connectivity index (χ0v) is 11.9. The van der Waals surface area contributed by atoms with Crippen molar-refractivity contribution in [3.63, 3.8) is 0 Å². The maximum Gasteiger partial charge on any atom is 0.270 e. The number of non-ortho nitro benzene ring substituents is 1. The van der Waals surface area contributed by atoms with E-state index in [1.54, 1.807) is 18.2 Å². The minimum absolute atomic E-state index is 0.0455. The third-order valence-electron chi connectivity index (χ3n) is 3.14. The smallest absolute Gasteiger partial charge is 0.270 e. The van der Waals surface area contributed by atoms with Crippen LogP contribution in [0, 0.1) is 15.9 Å². The van der Waals surface area contributed by atoms with Crippen molar-refractivity contribution in [3.8, 4) is 0 Å². The second-order valence-corrected chi connectivity index (χ2v) is 5.23. The van der Waals surface area contributed by atoms with Crippen molar-refractivity contribution in [1.82, 2.24) is 0 Å². The molecule has 2 N–H and O–H groups in total.